The van der Waals surface area contributed by atoms with Crippen molar-refractivity contribution in [1.82, 2.24) is 20.0 Å². The highest BCUT2D eigenvalue weighted by molar-refractivity contribution is 5.81. The number of carbonyl (C=O) groups excluding carboxylic acids is 2. The number of amides is 2. The quantitative estimate of drug-likeness (QED) is 0.664. The van der Waals surface area contributed by atoms with Crippen LogP contribution >= 0.6 is 0 Å². The van der Waals surface area contributed by atoms with Crippen molar-refractivity contribution in [2.75, 3.05) is 52.9 Å². The summed E-state index contributed by atoms with van der Waals surface area (Å²) in [5.41, 5.74) is 0. The van der Waals surface area contributed by atoms with E-state index in [1.807, 2.05) is 18.9 Å². The topological polar surface area (TPSA) is 55.9 Å². The molecule has 3 aliphatic rings. The van der Waals surface area contributed by atoms with Gasteiger partial charge in [-0.2, -0.15) is 0 Å². The zero-order valence-corrected chi connectivity index (χ0v) is 16.7. The van der Waals surface area contributed by atoms with Crippen LogP contribution in [0, 0.1) is 17.8 Å². The molecule has 1 N–H and O–H groups in total. The molecule has 26 heavy (non-hydrogen) atoms. The first-order chi connectivity index (χ1) is 12.5. The van der Waals surface area contributed by atoms with Crippen molar-refractivity contribution >= 4 is 11.8 Å². The predicted molar refractivity (Wildman–Crippen MR) is 103 cm³/mol. The lowest BCUT2D eigenvalue weighted by molar-refractivity contribution is -0.132. The Morgan fingerprint density at radius 1 is 1.19 bits per heavy atom. The van der Waals surface area contributed by atoms with Crippen LogP contribution in [0.4, 0.5) is 0 Å². The second-order valence-corrected chi connectivity index (χ2v) is 8.45. The molecule has 1 aliphatic heterocycles. The lowest BCUT2D eigenvalue weighted by atomic mass is 10.2. The fraction of sp³-hybridized carbons (Fsp3) is 0.900. The average Bonchev–Trinajstić information content (AvgIpc) is 3.55. The number of nitrogens with one attached hydrogen (secondary N) is 1. The van der Waals surface area contributed by atoms with Crippen LogP contribution in [-0.2, 0) is 9.59 Å². The maximum atomic E-state index is 12.5. The molecule has 1 saturated heterocycles. The van der Waals surface area contributed by atoms with Gasteiger partial charge < -0.3 is 10.2 Å². The van der Waals surface area contributed by atoms with Gasteiger partial charge in [0.05, 0.1) is 6.04 Å². The van der Waals surface area contributed by atoms with E-state index < -0.39 is 0 Å². The molecule has 148 valence electrons. The third-order valence-electron chi connectivity index (χ3n) is 6.40. The molecule has 2 saturated carbocycles. The Morgan fingerprint density at radius 3 is 2.50 bits per heavy atom. The van der Waals surface area contributed by atoms with Crippen molar-refractivity contribution in [1.29, 1.82) is 0 Å². The maximum absolute atomic E-state index is 12.5. The van der Waals surface area contributed by atoms with E-state index in [1.54, 1.807) is 0 Å². The summed E-state index contributed by atoms with van der Waals surface area (Å²) in [7, 11) is 1.96. The number of hydrogen-bond donors (Lipinski definition) is 1. The Balaban J connectivity index is 1.32. The third-order valence-corrected chi connectivity index (χ3v) is 6.40. The third kappa shape index (κ3) is 4.97. The van der Waals surface area contributed by atoms with Crippen LogP contribution in [0.2, 0.25) is 0 Å². The molecular formula is C20H36N4O2. The molecule has 6 nitrogen and oxygen atoms in total. The van der Waals surface area contributed by atoms with Crippen LogP contribution in [0.1, 0.15) is 39.5 Å². The van der Waals surface area contributed by atoms with Gasteiger partial charge in [-0.1, -0.05) is 6.92 Å². The van der Waals surface area contributed by atoms with Crippen molar-refractivity contribution in [3.05, 3.63) is 0 Å². The standard InChI is InChI=1S/C20H36N4O2/c1-4-7-21-19(25)15(2)24-12-10-23(11-13-24)9-8-22(3)20(26)18-14-17(18)16-5-6-16/h15-18H,4-14H2,1-3H3,(H,21,25)/t15?,17-,18+/m0/s1. The van der Waals surface area contributed by atoms with Crippen LogP contribution in [0.25, 0.3) is 0 Å². The molecule has 0 aromatic rings. The Morgan fingerprint density at radius 2 is 1.88 bits per heavy atom. The van der Waals surface area contributed by atoms with E-state index in [0.717, 1.165) is 64.6 Å². The molecule has 1 heterocycles. The molecule has 0 bridgehead atoms. The predicted octanol–water partition coefficient (Wildman–Crippen LogP) is 1.02. The number of carbonyl (C=O) groups is 2. The second-order valence-electron chi connectivity index (χ2n) is 8.45. The number of likely N-dealkylation sites (N-methyl/N-ethyl adjacent to an activating group) is 1. The Bertz CT molecular complexity index is 500. The minimum atomic E-state index is -0.0535. The lowest BCUT2D eigenvalue weighted by Gasteiger charge is -2.38. The van der Waals surface area contributed by atoms with E-state index in [1.165, 1.54) is 12.8 Å². The molecule has 1 unspecified atom stereocenters. The van der Waals surface area contributed by atoms with Crippen LogP contribution in [0.5, 0.6) is 0 Å². The van der Waals surface area contributed by atoms with Gasteiger partial charge in [0, 0.05) is 58.8 Å². The first-order valence-electron chi connectivity index (χ1n) is 10.5. The fourth-order valence-corrected chi connectivity index (χ4v) is 4.16. The highest BCUT2D eigenvalue weighted by atomic mass is 16.2. The summed E-state index contributed by atoms with van der Waals surface area (Å²) < 4.78 is 0. The molecule has 3 atom stereocenters. The highest BCUT2D eigenvalue weighted by Gasteiger charge is 2.51. The minimum Gasteiger partial charge on any atom is -0.355 e. The summed E-state index contributed by atoms with van der Waals surface area (Å²) in [6.45, 7) is 10.4. The molecule has 3 fully saturated rings. The summed E-state index contributed by atoms with van der Waals surface area (Å²) in [6, 6.07) is -0.0535. The molecule has 0 aromatic heterocycles. The molecule has 3 rings (SSSR count). The Kier molecular flexibility index (Phi) is 6.56. The lowest BCUT2D eigenvalue weighted by Crippen LogP contribution is -2.54. The highest BCUT2D eigenvalue weighted by Crippen LogP contribution is 2.54. The van der Waals surface area contributed by atoms with E-state index in [9.17, 15) is 9.59 Å². The molecular weight excluding hydrogens is 328 g/mol. The summed E-state index contributed by atoms with van der Waals surface area (Å²) in [5, 5.41) is 2.99. The number of nitrogens with zero attached hydrogens (tertiary/aromatic N) is 3. The smallest absolute Gasteiger partial charge is 0.237 e. The molecule has 6 heteroatoms. The van der Waals surface area contributed by atoms with Crippen LogP contribution in [0.15, 0.2) is 0 Å². The normalized spacial score (nSPS) is 27.8. The first-order valence-corrected chi connectivity index (χ1v) is 10.5. The van der Waals surface area contributed by atoms with E-state index >= 15 is 0 Å². The second kappa shape index (κ2) is 8.70. The monoisotopic (exact) mass is 364 g/mol. The number of rotatable bonds is 9. The zero-order chi connectivity index (χ0) is 18.7. The van der Waals surface area contributed by atoms with Crippen LogP contribution in [-0.4, -0.2) is 85.4 Å². The first kappa shape index (κ1) is 19.6. The van der Waals surface area contributed by atoms with Crippen molar-refractivity contribution in [3.63, 3.8) is 0 Å². The SMILES string of the molecule is CCCNC(=O)C(C)N1CCN(CCN(C)C(=O)[C@@H]2C[C@H]2C2CC2)CC1. The van der Waals surface area contributed by atoms with Gasteiger partial charge in [0.15, 0.2) is 0 Å². The van der Waals surface area contributed by atoms with E-state index in [2.05, 4.69) is 22.0 Å². The van der Waals surface area contributed by atoms with Gasteiger partial charge in [-0.15, -0.1) is 0 Å². The Labute approximate surface area is 158 Å². The van der Waals surface area contributed by atoms with Crippen molar-refractivity contribution in [2.45, 2.75) is 45.6 Å². The van der Waals surface area contributed by atoms with E-state index in [4.69, 9.17) is 0 Å². The maximum Gasteiger partial charge on any atom is 0.237 e. The van der Waals surface area contributed by atoms with E-state index in [0.29, 0.717) is 17.7 Å². The molecule has 0 spiro atoms. The zero-order valence-electron chi connectivity index (χ0n) is 16.7. The summed E-state index contributed by atoms with van der Waals surface area (Å²) in [4.78, 5) is 31.2. The van der Waals surface area contributed by atoms with E-state index in [-0.39, 0.29) is 11.9 Å². The average molecular weight is 365 g/mol. The summed E-state index contributed by atoms with van der Waals surface area (Å²) in [5.74, 6) is 2.39. The summed E-state index contributed by atoms with van der Waals surface area (Å²) >= 11 is 0. The molecule has 0 aromatic carbocycles. The Hall–Kier alpha value is -1.14. The fourth-order valence-electron chi connectivity index (χ4n) is 4.16. The van der Waals surface area contributed by atoms with Gasteiger partial charge in [-0.05, 0) is 44.4 Å². The minimum absolute atomic E-state index is 0.0535. The van der Waals surface area contributed by atoms with Crippen molar-refractivity contribution < 1.29 is 9.59 Å². The van der Waals surface area contributed by atoms with Crippen LogP contribution in [0.3, 0.4) is 0 Å². The van der Waals surface area contributed by atoms with Gasteiger partial charge in [0.25, 0.3) is 0 Å². The van der Waals surface area contributed by atoms with Crippen molar-refractivity contribution in [2.24, 2.45) is 17.8 Å². The molecule has 0 radical (unpaired) electrons. The molecule has 2 aliphatic carbocycles. The number of hydrogen-bond acceptors (Lipinski definition) is 4. The van der Waals surface area contributed by atoms with Gasteiger partial charge in [0.2, 0.25) is 11.8 Å². The largest absolute Gasteiger partial charge is 0.355 e. The summed E-state index contributed by atoms with van der Waals surface area (Å²) in [6.07, 6.45) is 4.79. The van der Waals surface area contributed by atoms with Crippen LogP contribution < -0.4 is 5.32 Å². The van der Waals surface area contributed by atoms with Gasteiger partial charge >= 0.3 is 0 Å². The van der Waals surface area contributed by atoms with Gasteiger partial charge in [-0.25, -0.2) is 0 Å². The number of piperazine rings is 1. The van der Waals surface area contributed by atoms with Gasteiger partial charge in [-0.3, -0.25) is 19.4 Å². The molecule has 2 amide bonds. The van der Waals surface area contributed by atoms with Crippen molar-refractivity contribution in [3.8, 4) is 0 Å². The van der Waals surface area contributed by atoms with Gasteiger partial charge in [0.1, 0.15) is 0 Å².